The number of nitrogens with two attached hydrogens (primary N) is 2. The van der Waals surface area contributed by atoms with Crippen LogP contribution in [0.3, 0.4) is 0 Å². The van der Waals surface area contributed by atoms with Crippen LogP contribution in [-0.4, -0.2) is 20.7 Å². The van der Waals surface area contributed by atoms with Gasteiger partial charge < -0.3 is 16.8 Å². The normalized spacial score (nSPS) is 10.5. The summed E-state index contributed by atoms with van der Waals surface area (Å²) in [4.78, 5) is 16.2. The summed E-state index contributed by atoms with van der Waals surface area (Å²) in [5.41, 5.74) is 13.5. The molecule has 0 spiro atoms. The lowest BCUT2D eigenvalue weighted by molar-refractivity contribution is 0.100. The van der Waals surface area contributed by atoms with Gasteiger partial charge in [-0.25, -0.2) is 4.98 Å². The molecule has 0 saturated carbocycles. The Kier molecular flexibility index (Phi) is 3.68. The molecule has 0 bridgehead atoms. The number of anilines is 3. The highest BCUT2D eigenvalue weighted by molar-refractivity contribution is 6.04. The molecule has 0 aliphatic heterocycles. The summed E-state index contributed by atoms with van der Waals surface area (Å²) in [6, 6.07) is 12.5. The first-order chi connectivity index (χ1) is 11.1. The van der Waals surface area contributed by atoms with Gasteiger partial charge in [0.25, 0.3) is 5.91 Å². The highest BCUT2D eigenvalue weighted by atomic mass is 16.1. The second kappa shape index (κ2) is 5.80. The van der Waals surface area contributed by atoms with E-state index in [9.17, 15) is 4.79 Å². The highest BCUT2D eigenvalue weighted by Gasteiger charge is 2.22. The van der Waals surface area contributed by atoms with Crippen LogP contribution in [0, 0.1) is 0 Å². The maximum atomic E-state index is 12.0. The summed E-state index contributed by atoms with van der Waals surface area (Å²) >= 11 is 0. The molecule has 5 N–H and O–H groups in total. The molecule has 7 heteroatoms. The third kappa shape index (κ3) is 2.84. The van der Waals surface area contributed by atoms with Crippen molar-refractivity contribution in [1.29, 1.82) is 0 Å². The zero-order chi connectivity index (χ0) is 16.4. The monoisotopic (exact) mass is 308 g/mol. The highest BCUT2D eigenvalue weighted by Crippen LogP contribution is 2.30. The van der Waals surface area contributed by atoms with Crippen LogP contribution in [0.25, 0.3) is 11.3 Å². The Bertz CT molecular complexity index is 839. The molecular weight excluding hydrogens is 292 g/mol. The summed E-state index contributed by atoms with van der Waals surface area (Å²) in [5, 5.41) is 7.50. The molecule has 0 unspecified atom stereocenters. The fourth-order valence-electron chi connectivity index (χ4n) is 2.30. The molecule has 0 radical (unpaired) electrons. The van der Waals surface area contributed by atoms with Crippen LogP contribution in [0.5, 0.6) is 0 Å². The Morgan fingerprint density at radius 2 is 1.91 bits per heavy atom. The number of nitrogens with zero attached hydrogens (tertiary/aromatic N) is 3. The van der Waals surface area contributed by atoms with E-state index >= 15 is 0 Å². The molecule has 7 nitrogen and oxygen atoms in total. The molecular formula is C16H16N6O. The van der Waals surface area contributed by atoms with E-state index in [1.807, 2.05) is 12.1 Å². The molecule has 2 heterocycles. The van der Waals surface area contributed by atoms with Crippen molar-refractivity contribution in [2.75, 3.05) is 11.1 Å². The van der Waals surface area contributed by atoms with Crippen molar-refractivity contribution < 1.29 is 4.79 Å². The lowest BCUT2D eigenvalue weighted by Gasteiger charge is -2.07. The summed E-state index contributed by atoms with van der Waals surface area (Å²) in [5.74, 6) is 0.522. The van der Waals surface area contributed by atoms with Gasteiger partial charge in [-0.15, -0.1) is 0 Å². The molecule has 23 heavy (non-hydrogen) atoms. The lowest BCUT2D eigenvalue weighted by Crippen LogP contribution is -2.14. The van der Waals surface area contributed by atoms with Crippen LogP contribution in [0.2, 0.25) is 0 Å². The predicted molar refractivity (Wildman–Crippen MR) is 89.1 cm³/mol. The Labute approximate surface area is 132 Å². The standard InChI is InChI=1S/C16H16N6O/c1-22-16(20-12-4-2-3-9-19-12)13(15(18)23)14(21-22)10-5-7-11(17)8-6-10/h2-9H,17H2,1H3,(H2,18,23)(H,19,20). The summed E-state index contributed by atoms with van der Waals surface area (Å²) in [7, 11) is 1.73. The van der Waals surface area contributed by atoms with E-state index < -0.39 is 5.91 Å². The van der Waals surface area contributed by atoms with E-state index in [2.05, 4.69) is 15.4 Å². The van der Waals surface area contributed by atoms with E-state index in [1.54, 1.807) is 48.3 Å². The van der Waals surface area contributed by atoms with Gasteiger partial charge in [0.05, 0.1) is 0 Å². The maximum Gasteiger partial charge on any atom is 0.254 e. The second-order valence-electron chi connectivity index (χ2n) is 5.02. The van der Waals surface area contributed by atoms with Crippen LogP contribution < -0.4 is 16.8 Å². The third-order valence-corrected chi connectivity index (χ3v) is 3.39. The second-order valence-corrected chi connectivity index (χ2v) is 5.02. The van der Waals surface area contributed by atoms with Crippen molar-refractivity contribution in [3.63, 3.8) is 0 Å². The number of primary amides is 1. The molecule has 0 atom stereocenters. The maximum absolute atomic E-state index is 12.0. The first kappa shape index (κ1) is 14.6. The number of aromatic nitrogens is 3. The van der Waals surface area contributed by atoms with Crippen LogP contribution in [-0.2, 0) is 7.05 Å². The average Bonchev–Trinajstić information content (AvgIpc) is 2.86. The van der Waals surface area contributed by atoms with Crippen molar-refractivity contribution in [2.24, 2.45) is 12.8 Å². The van der Waals surface area contributed by atoms with E-state index in [1.165, 1.54) is 0 Å². The van der Waals surface area contributed by atoms with Gasteiger partial charge in [-0.2, -0.15) is 5.10 Å². The molecule has 2 aromatic heterocycles. The van der Waals surface area contributed by atoms with Crippen molar-refractivity contribution >= 4 is 23.2 Å². The molecule has 1 aromatic carbocycles. The summed E-state index contributed by atoms with van der Waals surface area (Å²) in [6.07, 6.45) is 1.66. The molecule has 0 aliphatic rings. The lowest BCUT2D eigenvalue weighted by atomic mass is 10.1. The number of carbonyl (C=O) groups excluding carboxylic acids is 1. The van der Waals surface area contributed by atoms with Gasteiger partial charge >= 0.3 is 0 Å². The van der Waals surface area contributed by atoms with Gasteiger partial charge in [-0.3, -0.25) is 9.48 Å². The molecule has 0 saturated heterocycles. The number of amides is 1. The van der Waals surface area contributed by atoms with Crippen LogP contribution in [0.1, 0.15) is 10.4 Å². The molecule has 0 fully saturated rings. The first-order valence-electron chi connectivity index (χ1n) is 6.97. The van der Waals surface area contributed by atoms with Gasteiger partial charge in [0, 0.05) is 24.5 Å². The molecule has 3 rings (SSSR count). The Morgan fingerprint density at radius 1 is 1.17 bits per heavy atom. The van der Waals surface area contributed by atoms with E-state index in [0.29, 0.717) is 28.6 Å². The number of carbonyl (C=O) groups is 1. The van der Waals surface area contributed by atoms with E-state index in [-0.39, 0.29) is 0 Å². The minimum Gasteiger partial charge on any atom is -0.399 e. The van der Waals surface area contributed by atoms with Crippen molar-refractivity contribution in [3.05, 3.63) is 54.2 Å². The molecule has 1 amide bonds. The largest absolute Gasteiger partial charge is 0.399 e. The minimum atomic E-state index is -0.566. The average molecular weight is 308 g/mol. The van der Waals surface area contributed by atoms with Crippen LogP contribution >= 0.6 is 0 Å². The number of rotatable bonds is 4. The fourth-order valence-corrected chi connectivity index (χ4v) is 2.30. The quantitative estimate of drug-likeness (QED) is 0.637. The summed E-state index contributed by atoms with van der Waals surface area (Å²) in [6.45, 7) is 0. The fraction of sp³-hybridized carbons (Fsp3) is 0.0625. The Morgan fingerprint density at radius 3 is 2.52 bits per heavy atom. The molecule has 116 valence electrons. The Balaban J connectivity index is 2.10. The Hall–Kier alpha value is -3.35. The van der Waals surface area contributed by atoms with Crippen molar-refractivity contribution in [1.82, 2.24) is 14.8 Å². The minimum absolute atomic E-state index is 0.308. The number of aryl methyl sites for hydroxylation is 1. The van der Waals surface area contributed by atoms with Gasteiger partial charge in [-0.1, -0.05) is 18.2 Å². The number of benzene rings is 1. The smallest absolute Gasteiger partial charge is 0.254 e. The van der Waals surface area contributed by atoms with Gasteiger partial charge in [0.2, 0.25) is 0 Å². The van der Waals surface area contributed by atoms with Gasteiger partial charge in [0.1, 0.15) is 22.9 Å². The zero-order valence-corrected chi connectivity index (χ0v) is 12.5. The topological polar surface area (TPSA) is 112 Å². The number of hydrogen-bond acceptors (Lipinski definition) is 5. The van der Waals surface area contributed by atoms with Crippen molar-refractivity contribution in [3.8, 4) is 11.3 Å². The zero-order valence-electron chi connectivity index (χ0n) is 12.5. The van der Waals surface area contributed by atoms with Crippen molar-refractivity contribution in [2.45, 2.75) is 0 Å². The van der Waals surface area contributed by atoms with Crippen LogP contribution in [0.4, 0.5) is 17.3 Å². The van der Waals surface area contributed by atoms with Gasteiger partial charge in [0.15, 0.2) is 0 Å². The number of pyridine rings is 1. The number of nitrogens with one attached hydrogen (secondary N) is 1. The predicted octanol–water partition coefficient (Wildman–Crippen LogP) is 1.91. The van der Waals surface area contributed by atoms with E-state index in [4.69, 9.17) is 11.5 Å². The summed E-state index contributed by atoms with van der Waals surface area (Å²) < 4.78 is 1.57. The molecule has 0 aliphatic carbocycles. The third-order valence-electron chi connectivity index (χ3n) is 3.39. The van der Waals surface area contributed by atoms with Crippen LogP contribution in [0.15, 0.2) is 48.7 Å². The number of nitrogen functional groups attached to an aromatic ring is 1. The first-order valence-corrected chi connectivity index (χ1v) is 6.97. The van der Waals surface area contributed by atoms with E-state index in [0.717, 1.165) is 5.56 Å². The van der Waals surface area contributed by atoms with Gasteiger partial charge in [-0.05, 0) is 24.3 Å². The SMILES string of the molecule is Cn1nc(-c2ccc(N)cc2)c(C(N)=O)c1Nc1ccccn1. The number of hydrogen-bond donors (Lipinski definition) is 3. The molecule has 3 aromatic rings.